The maximum atomic E-state index is 8.66. The molecule has 0 spiro atoms. The molecule has 0 aromatic carbocycles. The molecule has 0 aromatic heterocycles. The first-order valence-electron chi connectivity index (χ1n) is 3.83. The molecule has 2 heteroatoms. The lowest BCUT2D eigenvalue weighted by molar-refractivity contribution is 0.603. The topological polar surface area (TPSA) is 23.8 Å². The number of hydrogen-bond acceptors (Lipinski definition) is 1. The second-order valence-corrected chi connectivity index (χ2v) is 4.68. The van der Waals surface area contributed by atoms with E-state index in [0.29, 0.717) is 11.6 Å². The average Bonchev–Trinajstić information content (AvgIpc) is 1.86. The van der Waals surface area contributed by atoms with Crippen molar-refractivity contribution in [3.8, 4) is 6.07 Å². The standard InChI is InChI=1S/C8H16NP/c1-4-10-8(6-9)5-7(2)3/h7-8,10H,4-5H2,1-3H3. The molecule has 0 bridgehead atoms. The van der Waals surface area contributed by atoms with Crippen LogP contribution in [0.2, 0.25) is 0 Å². The summed E-state index contributed by atoms with van der Waals surface area (Å²) >= 11 is 0. The molecule has 2 unspecified atom stereocenters. The van der Waals surface area contributed by atoms with Gasteiger partial charge in [-0.05, 0) is 18.5 Å². The summed E-state index contributed by atoms with van der Waals surface area (Å²) in [6.07, 6.45) is 2.23. The Morgan fingerprint density at radius 2 is 2.10 bits per heavy atom. The summed E-state index contributed by atoms with van der Waals surface area (Å²) in [4.78, 5) is 0. The van der Waals surface area contributed by atoms with Gasteiger partial charge in [0, 0.05) is 0 Å². The van der Waals surface area contributed by atoms with Crippen LogP contribution in [0.1, 0.15) is 27.2 Å². The van der Waals surface area contributed by atoms with Gasteiger partial charge in [-0.1, -0.05) is 20.8 Å². The quantitative estimate of drug-likeness (QED) is 0.575. The molecule has 0 saturated carbocycles. The Balaban J connectivity index is 3.52. The smallest absolute Gasteiger partial charge is 0.0700 e. The third-order valence-corrected chi connectivity index (χ3v) is 2.58. The van der Waals surface area contributed by atoms with Crippen molar-refractivity contribution in [3.05, 3.63) is 0 Å². The lowest BCUT2D eigenvalue weighted by Gasteiger charge is -2.09. The van der Waals surface area contributed by atoms with Crippen LogP contribution < -0.4 is 0 Å². The van der Waals surface area contributed by atoms with Crippen LogP contribution in [0.5, 0.6) is 0 Å². The molecular formula is C8H16NP. The van der Waals surface area contributed by atoms with Gasteiger partial charge in [-0.25, -0.2) is 0 Å². The fourth-order valence-corrected chi connectivity index (χ4v) is 2.12. The number of nitrogens with zero attached hydrogens (tertiary/aromatic N) is 1. The zero-order valence-electron chi connectivity index (χ0n) is 7.02. The minimum Gasteiger partial charge on any atom is -0.198 e. The largest absolute Gasteiger partial charge is 0.198 e. The van der Waals surface area contributed by atoms with E-state index in [-0.39, 0.29) is 0 Å². The van der Waals surface area contributed by atoms with E-state index >= 15 is 0 Å². The highest BCUT2D eigenvalue weighted by Gasteiger charge is 2.07. The Bertz CT molecular complexity index is 115. The van der Waals surface area contributed by atoms with E-state index in [4.69, 9.17) is 5.26 Å². The normalized spacial score (nSPS) is 14.3. The zero-order valence-corrected chi connectivity index (χ0v) is 8.02. The van der Waals surface area contributed by atoms with Crippen molar-refractivity contribution in [1.82, 2.24) is 0 Å². The van der Waals surface area contributed by atoms with Crippen LogP contribution in [0.4, 0.5) is 0 Å². The third-order valence-electron chi connectivity index (χ3n) is 1.31. The summed E-state index contributed by atoms with van der Waals surface area (Å²) in [6.45, 7) is 6.48. The van der Waals surface area contributed by atoms with Gasteiger partial charge in [0.2, 0.25) is 0 Å². The van der Waals surface area contributed by atoms with Crippen molar-refractivity contribution in [2.24, 2.45) is 5.92 Å². The molecule has 0 heterocycles. The number of rotatable bonds is 4. The molecule has 0 N–H and O–H groups in total. The van der Waals surface area contributed by atoms with Gasteiger partial charge in [-0.15, -0.1) is 8.58 Å². The van der Waals surface area contributed by atoms with Crippen LogP contribution in [0.15, 0.2) is 0 Å². The summed E-state index contributed by atoms with van der Waals surface area (Å²) in [5, 5.41) is 8.66. The van der Waals surface area contributed by atoms with Gasteiger partial charge in [0.1, 0.15) is 0 Å². The first-order valence-corrected chi connectivity index (χ1v) is 5.12. The van der Waals surface area contributed by atoms with Crippen molar-refractivity contribution >= 4 is 8.58 Å². The molecule has 0 saturated heterocycles. The van der Waals surface area contributed by atoms with E-state index in [1.54, 1.807) is 0 Å². The van der Waals surface area contributed by atoms with Gasteiger partial charge in [0.05, 0.1) is 11.7 Å². The van der Waals surface area contributed by atoms with Crippen LogP contribution in [-0.4, -0.2) is 11.8 Å². The molecule has 58 valence electrons. The maximum absolute atomic E-state index is 8.66. The number of nitriles is 1. The molecule has 2 atom stereocenters. The first-order chi connectivity index (χ1) is 4.70. The van der Waals surface area contributed by atoms with E-state index in [1.165, 1.54) is 0 Å². The molecule has 0 aliphatic heterocycles. The van der Waals surface area contributed by atoms with Gasteiger partial charge in [-0.3, -0.25) is 0 Å². The molecule has 0 aromatic rings. The lowest BCUT2D eigenvalue weighted by Crippen LogP contribution is -2.02. The molecule has 0 aliphatic rings. The van der Waals surface area contributed by atoms with Gasteiger partial charge in [-0.2, -0.15) is 5.26 Å². The van der Waals surface area contributed by atoms with E-state index in [1.807, 2.05) is 0 Å². The van der Waals surface area contributed by atoms with E-state index in [0.717, 1.165) is 21.2 Å². The van der Waals surface area contributed by atoms with Gasteiger partial charge < -0.3 is 0 Å². The fourth-order valence-electron chi connectivity index (χ4n) is 0.899. The van der Waals surface area contributed by atoms with Gasteiger partial charge >= 0.3 is 0 Å². The minimum atomic E-state index is 0.324. The Morgan fingerprint density at radius 3 is 2.40 bits per heavy atom. The first kappa shape index (κ1) is 9.92. The highest BCUT2D eigenvalue weighted by atomic mass is 31.1. The molecule has 0 rings (SSSR count). The predicted molar refractivity (Wildman–Crippen MR) is 47.7 cm³/mol. The molecule has 0 fully saturated rings. The summed E-state index contributed by atoms with van der Waals surface area (Å²) in [6, 6.07) is 2.35. The zero-order chi connectivity index (χ0) is 7.98. The predicted octanol–water partition coefficient (Wildman–Crippen LogP) is 2.62. The maximum Gasteiger partial charge on any atom is 0.0700 e. The second kappa shape index (κ2) is 5.69. The van der Waals surface area contributed by atoms with E-state index < -0.39 is 0 Å². The highest BCUT2D eigenvalue weighted by Crippen LogP contribution is 2.23. The molecule has 1 nitrogen and oxygen atoms in total. The van der Waals surface area contributed by atoms with Crippen LogP contribution >= 0.6 is 8.58 Å². The Morgan fingerprint density at radius 1 is 1.50 bits per heavy atom. The number of hydrogen-bond donors (Lipinski definition) is 0. The Kier molecular flexibility index (Phi) is 5.64. The van der Waals surface area contributed by atoms with E-state index in [9.17, 15) is 0 Å². The fraction of sp³-hybridized carbons (Fsp3) is 0.875. The van der Waals surface area contributed by atoms with Crippen molar-refractivity contribution in [1.29, 1.82) is 5.26 Å². The summed E-state index contributed by atoms with van der Waals surface area (Å²) in [7, 11) is 0.838. The lowest BCUT2D eigenvalue weighted by atomic mass is 10.1. The average molecular weight is 157 g/mol. The Hall–Kier alpha value is -0.0800. The molecule has 10 heavy (non-hydrogen) atoms. The SMILES string of the molecule is CCPC(C#N)CC(C)C. The Labute approximate surface area is 65.6 Å². The van der Waals surface area contributed by atoms with Crippen molar-refractivity contribution in [2.45, 2.75) is 32.9 Å². The molecule has 0 aliphatic carbocycles. The third kappa shape index (κ3) is 4.77. The van der Waals surface area contributed by atoms with Gasteiger partial charge in [0.25, 0.3) is 0 Å². The van der Waals surface area contributed by atoms with E-state index in [2.05, 4.69) is 26.8 Å². The van der Waals surface area contributed by atoms with Crippen LogP contribution in [0, 0.1) is 17.2 Å². The summed E-state index contributed by atoms with van der Waals surface area (Å²) < 4.78 is 0. The highest BCUT2D eigenvalue weighted by molar-refractivity contribution is 7.39. The summed E-state index contributed by atoms with van der Waals surface area (Å²) in [5.41, 5.74) is 0.324. The van der Waals surface area contributed by atoms with Crippen LogP contribution in [0.3, 0.4) is 0 Å². The monoisotopic (exact) mass is 157 g/mol. The van der Waals surface area contributed by atoms with Crippen molar-refractivity contribution < 1.29 is 0 Å². The second-order valence-electron chi connectivity index (χ2n) is 2.87. The molecule has 0 amide bonds. The van der Waals surface area contributed by atoms with Crippen LogP contribution in [0.25, 0.3) is 0 Å². The van der Waals surface area contributed by atoms with Gasteiger partial charge in [0.15, 0.2) is 0 Å². The minimum absolute atomic E-state index is 0.324. The molecule has 0 radical (unpaired) electrons. The van der Waals surface area contributed by atoms with Crippen LogP contribution in [-0.2, 0) is 0 Å². The van der Waals surface area contributed by atoms with Crippen molar-refractivity contribution in [2.75, 3.05) is 6.16 Å². The summed E-state index contributed by atoms with van der Waals surface area (Å²) in [5.74, 6) is 0.670. The van der Waals surface area contributed by atoms with Crippen molar-refractivity contribution in [3.63, 3.8) is 0 Å². The molecular weight excluding hydrogens is 141 g/mol.